The molecule has 7 heteroatoms. The quantitative estimate of drug-likeness (QED) is 0.804. The van der Waals surface area contributed by atoms with E-state index in [1.165, 1.54) is 13.0 Å². The van der Waals surface area contributed by atoms with Crippen molar-refractivity contribution in [1.29, 1.82) is 0 Å². The molecule has 0 spiro atoms. The molecule has 0 aromatic heterocycles. The summed E-state index contributed by atoms with van der Waals surface area (Å²) in [5.74, 6) is -0.379. The Morgan fingerprint density at radius 1 is 0.929 bits per heavy atom. The smallest absolute Gasteiger partial charge is 0.225 e. The number of halogens is 1. The Labute approximate surface area is 164 Å². The number of benzene rings is 2. The highest BCUT2D eigenvalue weighted by atomic mass is 19.1. The molecule has 1 fully saturated rings. The number of anilines is 3. The van der Waals surface area contributed by atoms with Gasteiger partial charge in [-0.25, -0.2) is 4.39 Å². The number of nitrogens with one attached hydrogen (secondary N) is 2. The number of carbonyl (C=O) groups excluding carboxylic acids is 2. The van der Waals surface area contributed by atoms with Gasteiger partial charge in [0.1, 0.15) is 5.82 Å². The topological polar surface area (TPSA) is 64.7 Å². The van der Waals surface area contributed by atoms with E-state index in [1.807, 2.05) is 11.0 Å². The predicted octanol–water partition coefficient (Wildman–Crippen LogP) is 2.93. The minimum absolute atomic E-state index is 0.0520. The summed E-state index contributed by atoms with van der Waals surface area (Å²) in [5.41, 5.74) is 2.03. The fraction of sp³-hybridized carbons (Fsp3) is 0.333. The minimum Gasteiger partial charge on any atom is -0.367 e. The molecule has 148 valence electrons. The van der Waals surface area contributed by atoms with Crippen LogP contribution in [0.5, 0.6) is 0 Å². The normalized spacial score (nSPS) is 14.6. The summed E-state index contributed by atoms with van der Waals surface area (Å²) in [6.45, 7) is 5.20. The van der Waals surface area contributed by atoms with E-state index in [2.05, 4.69) is 15.5 Å². The molecular formula is C21H25FN4O2. The highest BCUT2D eigenvalue weighted by Gasteiger charge is 2.19. The van der Waals surface area contributed by atoms with Gasteiger partial charge >= 0.3 is 0 Å². The first kappa shape index (κ1) is 19.8. The lowest BCUT2D eigenvalue weighted by Gasteiger charge is -2.36. The van der Waals surface area contributed by atoms with Crippen LogP contribution in [0, 0.1) is 5.82 Å². The van der Waals surface area contributed by atoms with Gasteiger partial charge in [-0.2, -0.15) is 0 Å². The van der Waals surface area contributed by atoms with Crippen LogP contribution in [0.2, 0.25) is 0 Å². The molecule has 28 heavy (non-hydrogen) atoms. The van der Waals surface area contributed by atoms with Crippen molar-refractivity contribution in [2.45, 2.75) is 13.3 Å². The molecule has 0 radical (unpaired) electrons. The molecule has 0 atom stereocenters. The van der Waals surface area contributed by atoms with Crippen LogP contribution in [0.4, 0.5) is 21.5 Å². The number of piperazine rings is 1. The molecule has 1 aliphatic heterocycles. The van der Waals surface area contributed by atoms with Crippen LogP contribution in [-0.4, -0.2) is 49.4 Å². The van der Waals surface area contributed by atoms with Gasteiger partial charge in [-0.1, -0.05) is 12.1 Å². The summed E-state index contributed by atoms with van der Waals surface area (Å²) < 4.78 is 13.9. The fourth-order valence-corrected chi connectivity index (χ4v) is 3.24. The highest BCUT2D eigenvalue weighted by molar-refractivity contribution is 5.92. The second kappa shape index (κ2) is 9.32. The Morgan fingerprint density at radius 2 is 1.54 bits per heavy atom. The summed E-state index contributed by atoms with van der Waals surface area (Å²) in [5, 5.41) is 5.55. The molecule has 0 unspecified atom stereocenters. The van der Waals surface area contributed by atoms with Crippen molar-refractivity contribution in [2.24, 2.45) is 0 Å². The lowest BCUT2D eigenvalue weighted by Crippen LogP contribution is -2.47. The van der Waals surface area contributed by atoms with Gasteiger partial charge in [0.25, 0.3) is 0 Å². The highest BCUT2D eigenvalue weighted by Crippen LogP contribution is 2.20. The number of para-hydroxylation sites is 1. The van der Waals surface area contributed by atoms with E-state index in [-0.39, 0.29) is 17.6 Å². The zero-order valence-corrected chi connectivity index (χ0v) is 16.0. The molecule has 2 aromatic rings. The number of nitrogens with zero attached hydrogens (tertiary/aromatic N) is 2. The maximum absolute atomic E-state index is 13.9. The Kier molecular flexibility index (Phi) is 6.60. The second-order valence-electron chi connectivity index (χ2n) is 6.84. The van der Waals surface area contributed by atoms with Crippen molar-refractivity contribution < 1.29 is 14.0 Å². The van der Waals surface area contributed by atoms with E-state index in [1.54, 1.807) is 36.4 Å². The van der Waals surface area contributed by atoms with E-state index in [0.717, 1.165) is 26.2 Å². The molecule has 6 nitrogen and oxygen atoms in total. The van der Waals surface area contributed by atoms with E-state index >= 15 is 0 Å². The zero-order chi connectivity index (χ0) is 19.9. The summed E-state index contributed by atoms with van der Waals surface area (Å²) in [7, 11) is 0. The lowest BCUT2D eigenvalue weighted by atomic mass is 10.2. The van der Waals surface area contributed by atoms with Crippen molar-refractivity contribution in [3.05, 3.63) is 54.3 Å². The molecule has 3 rings (SSSR count). The van der Waals surface area contributed by atoms with Gasteiger partial charge in [-0.3, -0.25) is 14.5 Å². The van der Waals surface area contributed by atoms with Gasteiger partial charge in [-0.05, 0) is 36.4 Å². The molecule has 1 aliphatic rings. The average Bonchev–Trinajstić information content (AvgIpc) is 2.68. The maximum Gasteiger partial charge on any atom is 0.225 e. The summed E-state index contributed by atoms with van der Waals surface area (Å²) in [4.78, 5) is 27.5. The predicted molar refractivity (Wildman–Crippen MR) is 109 cm³/mol. The number of hydrogen-bond donors (Lipinski definition) is 2. The van der Waals surface area contributed by atoms with Crippen LogP contribution in [0.25, 0.3) is 0 Å². The summed E-state index contributed by atoms with van der Waals surface area (Å²) in [6.07, 6.45) is 0.396. The Balaban J connectivity index is 1.41. The summed E-state index contributed by atoms with van der Waals surface area (Å²) in [6, 6.07) is 13.8. The number of carbonyl (C=O) groups is 2. The number of rotatable bonds is 6. The first-order valence-electron chi connectivity index (χ1n) is 9.40. The van der Waals surface area contributed by atoms with Crippen LogP contribution < -0.4 is 15.5 Å². The largest absolute Gasteiger partial charge is 0.367 e. The standard InChI is InChI=1S/C21H25FN4O2/c1-16(27)23-17-6-8-18(9-7-17)24-21(28)10-11-25-12-14-26(15-13-25)20-5-3-2-4-19(20)22/h2-9H,10-15H2,1H3,(H,23,27)(H,24,28). The first-order chi connectivity index (χ1) is 13.5. The number of hydrogen-bond acceptors (Lipinski definition) is 4. The third kappa shape index (κ3) is 5.53. The molecule has 2 amide bonds. The Morgan fingerprint density at radius 3 is 2.14 bits per heavy atom. The first-order valence-corrected chi connectivity index (χ1v) is 9.40. The zero-order valence-electron chi connectivity index (χ0n) is 16.0. The Hall–Kier alpha value is -2.93. The third-order valence-electron chi connectivity index (χ3n) is 4.71. The Bertz CT molecular complexity index is 817. The van der Waals surface area contributed by atoms with Crippen LogP contribution in [0.15, 0.2) is 48.5 Å². The average molecular weight is 384 g/mol. The van der Waals surface area contributed by atoms with Gasteiger partial charge in [0.05, 0.1) is 5.69 Å². The van der Waals surface area contributed by atoms with E-state index in [4.69, 9.17) is 0 Å². The molecule has 1 heterocycles. The van der Waals surface area contributed by atoms with Crippen molar-refractivity contribution in [3.8, 4) is 0 Å². The van der Waals surface area contributed by atoms with Crippen LogP contribution in [0.3, 0.4) is 0 Å². The van der Waals surface area contributed by atoms with Crippen molar-refractivity contribution in [1.82, 2.24) is 4.90 Å². The van der Waals surface area contributed by atoms with Crippen molar-refractivity contribution in [3.63, 3.8) is 0 Å². The van der Waals surface area contributed by atoms with Crippen molar-refractivity contribution in [2.75, 3.05) is 48.3 Å². The fourth-order valence-electron chi connectivity index (χ4n) is 3.24. The molecule has 2 N–H and O–H groups in total. The molecule has 0 saturated carbocycles. The van der Waals surface area contributed by atoms with E-state index in [0.29, 0.717) is 30.0 Å². The van der Waals surface area contributed by atoms with Gasteiger partial charge in [0.15, 0.2) is 0 Å². The maximum atomic E-state index is 13.9. The summed E-state index contributed by atoms with van der Waals surface area (Å²) >= 11 is 0. The number of amides is 2. The van der Waals surface area contributed by atoms with Crippen LogP contribution in [0.1, 0.15) is 13.3 Å². The van der Waals surface area contributed by atoms with E-state index in [9.17, 15) is 14.0 Å². The molecular weight excluding hydrogens is 359 g/mol. The van der Waals surface area contributed by atoms with Gasteiger partial charge < -0.3 is 15.5 Å². The lowest BCUT2D eigenvalue weighted by molar-refractivity contribution is -0.116. The van der Waals surface area contributed by atoms with Crippen LogP contribution in [-0.2, 0) is 9.59 Å². The molecule has 0 aliphatic carbocycles. The monoisotopic (exact) mass is 384 g/mol. The SMILES string of the molecule is CC(=O)Nc1ccc(NC(=O)CCN2CCN(c3ccccc3F)CC2)cc1. The molecule has 1 saturated heterocycles. The van der Waals surface area contributed by atoms with Gasteiger partial charge in [-0.15, -0.1) is 0 Å². The van der Waals surface area contributed by atoms with Crippen molar-refractivity contribution >= 4 is 28.9 Å². The van der Waals surface area contributed by atoms with Gasteiger partial charge in [0, 0.05) is 57.4 Å². The van der Waals surface area contributed by atoms with Gasteiger partial charge in [0.2, 0.25) is 11.8 Å². The van der Waals surface area contributed by atoms with Crippen LogP contribution >= 0.6 is 0 Å². The third-order valence-corrected chi connectivity index (χ3v) is 4.71. The minimum atomic E-state index is -0.195. The second-order valence-corrected chi connectivity index (χ2v) is 6.84. The molecule has 2 aromatic carbocycles. The van der Waals surface area contributed by atoms with E-state index < -0.39 is 0 Å². The molecule has 0 bridgehead atoms.